The highest BCUT2D eigenvalue weighted by Gasteiger charge is 2.73. The van der Waals surface area contributed by atoms with Crippen molar-refractivity contribution in [3.05, 3.63) is 42.0 Å². The number of nitrogens with zero attached hydrogens (tertiary/aromatic N) is 2. The van der Waals surface area contributed by atoms with E-state index in [0.717, 1.165) is 10.5 Å². The Balaban J connectivity index is 1.81. The van der Waals surface area contributed by atoms with Gasteiger partial charge in [-0.3, -0.25) is 24.2 Å². The maximum absolute atomic E-state index is 12.9. The Labute approximate surface area is 157 Å². The molecule has 1 N–H and O–H groups in total. The topological polar surface area (TPSA) is 87.2 Å². The average Bonchev–Trinajstić information content (AvgIpc) is 3.22. The first-order valence-corrected chi connectivity index (χ1v) is 8.99. The number of fused-ring (bicyclic) bond motifs is 3. The van der Waals surface area contributed by atoms with Crippen LogP contribution in [0.2, 0.25) is 0 Å². The van der Waals surface area contributed by atoms with Crippen LogP contribution >= 0.6 is 0 Å². The number of esters is 1. The van der Waals surface area contributed by atoms with E-state index < -0.39 is 35.5 Å². The fraction of sp³-hybridized carbons (Fsp3) is 0.450. The Morgan fingerprint density at radius 3 is 2.63 bits per heavy atom. The van der Waals surface area contributed by atoms with Gasteiger partial charge in [-0.2, -0.15) is 0 Å². The molecule has 3 aliphatic heterocycles. The van der Waals surface area contributed by atoms with Crippen molar-refractivity contribution in [3.8, 4) is 0 Å². The number of imide groups is 1. The summed E-state index contributed by atoms with van der Waals surface area (Å²) in [7, 11) is 2.72. The molecule has 3 aliphatic rings. The summed E-state index contributed by atoms with van der Waals surface area (Å²) < 4.78 is 5.03. The second-order valence-electron chi connectivity index (χ2n) is 7.43. The molecule has 0 aliphatic carbocycles. The molecular weight excluding hydrogens is 348 g/mol. The van der Waals surface area contributed by atoms with Crippen LogP contribution in [0.4, 0.5) is 0 Å². The summed E-state index contributed by atoms with van der Waals surface area (Å²) in [6.07, 6.45) is 3.07. The number of aliphatic hydroxyl groups excluding tert-OH is 1. The van der Waals surface area contributed by atoms with Crippen LogP contribution in [0.15, 0.2) is 36.4 Å². The molecule has 7 nitrogen and oxygen atoms in total. The third-order valence-corrected chi connectivity index (χ3v) is 6.10. The zero-order valence-electron chi connectivity index (χ0n) is 15.2. The molecule has 142 valence electrons. The maximum Gasteiger partial charge on any atom is 0.327 e. The van der Waals surface area contributed by atoms with E-state index in [1.165, 1.54) is 14.2 Å². The van der Waals surface area contributed by atoms with E-state index in [2.05, 4.69) is 0 Å². The van der Waals surface area contributed by atoms with Crippen LogP contribution in [0.25, 0.3) is 6.08 Å². The van der Waals surface area contributed by atoms with E-state index in [-0.39, 0.29) is 24.8 Å². The average molecular weight is 370 g/mol. The number of hydrogen-bond donors (Lipinski definition) is 1. The van der Waals surface area contributed by atoms with Gasteiger partial charge in [-0.15, -0.1) is 0 Å². The maximum atomic E-state index is 12.9. The summed E-state index contributed by atoms with van der Waals surface area (Å²) in [5, 5.41) is 10.3. The molecule has 4 rings (SSSR count). The van der Waals surface area contributed by atoms with Crippen molar-refractivity contribution >= 4 is 23.9 Å². The number of β-amino-alcohol motifs (C(OH)–C–C–N with tert-alkyl or cyclic N) is 1. The van der Waals surface area contributed by atoms with Gasteiger partial charge < -0.3 is 9.84 Å². The Bertz CT molecular complexity index is 823. The SMILES string of the molecule is COC(=O)[C@]12C[C@@H](O)CN1[C@@H](/C=C/c1ccccc1)[C@H]1C(=O)N(C)C(=O)[C@H]12. The van der Waals surface area contributed by atoms with Crippen molar-refractivity contribution in [2.24, 2.45) is 11.8 Å². The van der Waals surface area contributed by atoms with E-state index in [4.69, 9.17) is 4.74 Å². The minimum atomic E-state index is -1.30. The van der Waals surface area contributed by atoms with Crippen LogP contribution < -0.4 is 0 Å². The standard InChI is InChI=1S/C20H22N2O5/c1-21-17(24)15-14(9-8-12-6-4-3-5-7-12)22-11-13(23)10-20(22,19(26)27-2)16(15)18(21)25/h3-9,13-16,23H,10-11H2,1-2H3/b9-8+/t13-,14+,15-,16+,20-/m1/s1. The molecular formula is C20H22N2O5. The van der Waals surface area contributed by atoms with Gasteiger partial charge >= 0.3 is 5.97 Å². The number of benzene rings is 1. The molecule has 0 saturated carbocycles. The van der Waals surface area contributed by atoms with Crippen LogP contribution in [0.3, 0.4) is 0 Å². The lowest BCUT2D eigenvalue weighted by Crippen LogP contribution is -2.55. The third-order valence-electron chi connectivity index (χ3n) is 6.10. The van der Waals surface area contributed by atoms with Crippen molar-refractivity contribution in [1.29, 1.82) is 0 Å². The number of amides is 2. The summed E-state index contributed by atoms with van der Waals surface area (Å²) in [5.41, 5.74) is -0.350. The number of rotatable bonds is 3. The minimum absolute atomic E-state index is 0.0867. The van der Waals surface area contributed by atoms with Gasteiger partial charge in [0.05, 0.1) is 25.0 Å². The van der Waals surface area contributed by atoms with E-state index in [0.29, 0.717) is 0 Å². The van der Waals surface area contributed by atoms with Gasteiger partial charge in [0.1, 0.15) is 5.54 Å². The zero-order valence-corrected chi connectivity index (χ0v) is 15.2. The fourth-order valence-electron chi connectivity index (χ4n) is 5.00. The highest BCUT2D eigenvalue weighted by Crippen LogP contribution is 2.54. The second kappa shape index (κ2) is 6.28. The van der Waals surface area contributed by atoms with Crippen molar-refractivity contribution < 1.29 is 24.2 Å². The first kappa shape index (κ1) is 17.9. The van der Waals surface area contributed by atoms with Crippen molar-refractivity contribution in [2.75, 3.05) is 20.7 Å². The third kappa shape index (κ3) is 2.38. The summed E-state index contributed by atoms with van der Waals surface area (Å²) in [6.45, 7) is 0.218. The molecule has 0 aromatic heterocycles. The van der Waals surface area contributed by atoms with Crippen LogP contribution in [-0.2, 0) is 19.1 Å². The highest BCUT2D eigenvalue weighted by atomic mass is 16.5. The second-order valence-corrected chi connectivity index (χ2v) is 7.43. The quantitative estimate of drug-likeness (QED) is 0.608. The van der Waals surface area contributed by atoms with E-state index >= 15 is 0 Å². The largest absolute Gasteiger partial charge is 0.468 e. The molecule has 1 aromatic carbocycles. The predicted molar refractivity (Wildman–Crippen MR) is 96.1 cm³/mol. The van der Waals surface area contributed by atoms with Crippen LogP contribution in [0.5, 0.6) is 0 Å². The summed E-state index contributed by atoms with van der Waals surface area (Å²) in [6, 6.07) is 9.14. The molecule has 0 unspecified atom stereocenters. The van der Waals surface area contributed by atoms with E-state index in [1.807, 2.05) is 42.5 Å². The number of likely N-dealkylation sites (tertiary alicyclic amines) is 1. The zero-order chi connectivity index (χ0) is 19.3. The van der Waals surface area contributed by atoms with Gasteiger partial charge in [-0.1, -0.05) is 42.5 Å². The molecule has 3 saturated heterocycles. The fourth-order valence-corrected chi connectivity index (χ4v) is 5.00. The first-order chi connectivity index (χ1) is 12.9. The summed E-state index contributed by atoms with van der Waals surface area (Å²) in [4.78, 5) is 41.4. The molecule has 1 aromatic rings. The molecule has 3 fully saturated rings. The van der Waals surface area contributed by atoms with Crippen molar-refractivity contribution in [2.45, 2.75) is 24.1 Å². The molecule has 0 bridgehead atoms. The lowest BCUT2D eigenvalue weighted by molar-refractivity contribution is -0.158. The van der Waals surface area contributed by atoms with Crippen molar-refractivity contribution in [1.82, 2.24) is 9.80 Å². The molecule has 0 spiro atoms. The first-order valence-electron chi connectivity index (χ1n) is 8.99. The normalized spacial score (nSPS) is 35.7. The molecule has 27 heavy (non-hydrogen) atoms. The molecule has 5 atom stereocenters. The Morgan fingerprint density at radius 1 is 1.26 bits per heavy atom. The molecule has 0 radical (unpaired) electrons. The summed E-state index contributed by atoms with van der Waals surface area (Å²) in [5.74, 6) is -2.75. The molecule has 7 heteroatoms. The lowest BCUT2D eigenvalue weighted by atomic mass is 9.78. The van der Waals surface area contributed by atoms with Gasteiger partial charge in [0.25, 0.3) is 0 Å². The number of carbonyl (C=O) groups is 3. The van der Waals surface area contributed by atoms with E-state index in [1.54, 1.807) is 4.90 Å². The molecule has 2 amide bonds. The van der Waals surface area contributed by atoms with Gasteiger partial charge in [0.2, 0.25) is 11.8 Å². The smallest absolute Gasteiger partial charge is 0.327 e. The number of aliphatic hydroxyl groups is 1. The monoisotopic (exact) mass is 370 g/mol. The number of hydrogen-bond acceptors (Lipinski definition) is 6. The number of carbonyl (C=O) groups excluding carboxylic acids is 3. The predicted octanol–water partition coefficient (Wildman–Crippen LogP) is 0.291. The van der Waals surface area contributed by atoms with Crippen LogP contribution in [0, 0.1) is 11.8 Å². The van der Waals surface area contributed by atoms with Gasteiger partial charge in [-0.05, 0) is 5.56 Å². The number of ether oxygens (including phenoxy) is 1. The van der Waals surface area contributed by atoms with Gasteiger partial charge in [-0.25, -0.2) is 0 Å². The molecule has 3 heterocycles. The van der Waals surface area contributed by atoms with Crippen molar-refractivity contribution in [3.63, 3.8) is 0 Å². The van der Waals surface area contributed by atoms with Crippen LogP contribution in [-0.4, -0.2) is 71.1 Å². The Hall–Kier alpha value is -2.51. The van der Waals surface area contributed by atoms with E-state index in [9.17, 15) is 19.5 Å². The Morgan fingerprint density at radius 2 is 1.96 bits per heavy atom. The highest BCUT2D eigenvalue weighted by molar-refractivity contribution is 6.09. The Kier molecular flexibility index (Phi) is 4.16. The van der Waals surface area contributed by atoms with Crippen LogP contribution in [0.1, 0.15) is 12.0 Å². The lowest BCUT2D eigenvalue weighted by Gasteiger charge is -2.34. The van der Waals surface area contributed by atoms with Gasteiger partial charge in [0.15, 0.2) is 0 Å². The minimum Gasteiger partial charge on any atom is -0.468 e. The van der Waals surface area contributed by atoms with Gasteiger partial charge in [0, 0.05) is 26.1 Å². The number of methoxy groups -OCH3 is 1. The summed E-state index contributed by atoms with van der Waals surface area (Å²) >= 11 is 0.